The van der Waals surface area contributed by atoms with Crippen LogP contribution in [0.4, 0.5) is 13.2 Å². The average Bonchev–Trinajstić information content (AvgIpc) is 2.82. The molecule has 0 saturated heterocycles. The van der Waals surface area contributed by atoms with Gasteiger partial charge in [0.05, 0.1) is 6.61 Å². The maximum absolute atomic E-state index is 14.3. The van der Waals surface area contributed by atoms with Crippen LogP contribution in [0.2, 0.25) is 0 Å². The SMILES string of the molecule is COCCc1ccc(CCc2ccc(C#Cc3ccc4cc(F)c(F)cc4c3)cc2)c(F)c1. The molecule has 0 radical (unpaired) electrons. The molecule has 0 amide bonds. The van der Waals surface area contributed by atoms with E-state index in [1.54, 1.807) is 31.4 Å². The minimum absolute atomic E-state index is 0.177. The van der Waals surface area contributed by atoms with E-state index in [2.05, 4.69) is 11.8 Å². The predicted molar refractivity (Wildman–Crippen MR) is 126 cm³/mol. The number of halogens is 3. The molecule has 0 aliphatic rings. The Labute approximate surface area is 191 Å². The van der Waals surface area contributed by atoms with E-state index in [0.717, 1.165) is 28.7 Å². The highest BCUT2D eigenvalue weighted by molar-refractivity contribution is 5.84. The standard InChI is InChI=1S/C29H23F3O/c1-33-15-14-23-9-12-24(27(30)17-23)11-8-21-4-2-20(3-5-21)6-7-22-10-13-25-18-28(31)29(32)19-26(25)16-22/h2-5,9-10,12-13,16-19H,8,11,14-15H2,1H3. The Morgan fingerprint density at radius 1 is 0.606 bits per heavy atom. The number of ether oxygens (including phenoxy) is 1. The number of benzene rings is 4. The van der Waals surface area contributed by atoms with Gasteiger partial charge in [-0.2, -0.15) is 0 Å². The zero-order valence-corrected chi connectivity index (χ0v) is 18.3. The molecule has 0 aliphatic carbocycles. The Morgan fingerprint density at radius 3 is 2.00 bits per heavy atom. The highest BCUT2D eigenvalue weighted by Crippen LogP contribution is 2.20. The first-order chi connectivity index (χ1) is 16.0. The molecule has 0 aliphatic heterocycles. The summed E-state index contributed by atoms with van der Waals surface area (Å²) in [7, 11) is 1.64. The van der Waals surface area contributed by atoms with Gasteiger partial charge < -0.3 is 4.74 Å². The van der Waals surface area contributed by atoms with E-state index in [9.17, 15) is 13.2 Å². The molecular formula is C29H23F3O. The molecule has 0 heterocycles. The molecule has 4 rings (SSSR count). The highest BCUT2D eigenvalue weighted by Gasteiger charge is 2.06. The van der Waals surface area contributed by atoms with Gasteiger partial charge >= 0.3 is 0 Å². The molecule has 4 heteroatoms. The van der Waals surface area contributed by atoms with Crippen LogP contribution in [0.5, 0.6) is 0 Å². The van der Waals surface area contributed by atoms with Crippen LogP contribution in [0.25, 0.3) is 10.8 Å². The lowest BCUT2D eigenvalue weighted by Gasteiger charge is -2.07. The van der Waals surface area contributed by atoms with E-state index >= 15 is 0 Å². The van der Waals surface area contributed by atoms with Gasteiger partial charge in [0, 0.05) is 18.2 Å². The van der Waals surface area contributed by atoms with Gasteiger partial charge in [-0.05, 0) is 89.2 Å². The molecule has 0 N–H and O–H groups in total. The van der Waals surface area contributed by atoms with E-state index in [-0.39, 0.29) is 5.82 Å². The van der Waals surface area contributed by atoms with Crippen molar-refractivity contribution in [1.29, 1.82) is 0 Å². The Morgan fingerprint density at radius 2 is 1.27 bits per heavy atom. The molecule has 0 atom stereocenters. The van der Waals surface area contributed by atoms with Crippen LogP contribution in [0, 0.1) is 29.3 Å². The fourth-order valence-electron chi connectivity index (χ4n) is 3.67. The molecule has 0 fully saturated rings. The third-order valence-electron chi connectivity index (χ3n) is 5.58. The van der Waals surface area contributed by atoms with E-state index in [0.29, 0.717) is 35.8 Å². The van der Waals surface area contributed by atoms with Crippen molar-refractivity contribution < 1.29 is 17.9 Å². The summed E-state index contributed by atoms with van der Waals surface area (Å²) in [5, 5.41) is 1.24. The Balaban J connectivity index is 1.40. The summed E-state index contributed by atoms with van der Waals surface area (Å²) >= 11 is 0. The summed E-state index contributed by atoms with van der Waals surface area (Å²) in [6, 6.07) is 20.9. The second kappa shape index (κ2) is 10.4. The van der Waals surface area contributed by atoms with E-state index in [4.69, 9.17) is 4.74 Å². The maximum atomic E-state index is 14.3. The lowest BCUT2D eigenvalue weighted by atomic mass is 10.0. The average molecular weight is 444 g/mol. The Hall–Kier alpha value is -3.55. The second-order valence-electron chi connectivity index (χ2n) is 7.94. The Bertz CT molecular complexity index is 1330. The molecule has 1 nitrogen and oxygen atoms in total. The molecule has 0 unspecified atom stereocenters. The van der Waals surface area contributed by atoms with Crippen LogP contribution in [0.1, 0.15) is 27.8 Å². The monoisotopic (exact) mass is 444 g/mol. The van der Waals surface area contributed by atoms with E-state index in [1.807, 2.05) is 36.4 Å². The summed E-state index contributed by atoms with van der Waals surface area (Å²) in [5.74, 6) is 4.26. The summed E-state index contributed by atoms with van der Waals surface area (Å²) in [5.41, 5.74) is 4.31. The van der Waals surface area contributed by atoms with Gasteiger partial charge in [0.15, 0.2) is 11.6 Å². The number of rotatable bonds is 6. The molecule has 4 aromatic carbocycles. The van der Waals surface area contributed by atoms with Gasteiger partial charge in [-0.1, -0.05) is 42.2 Å². The van der Waals surface area contributed by atoms with Crippen molar-refractivity contribution >= 4 is 10.8 Å². The quantitative estimate of drug-likeness (QED) is 0.303. The van der Waals surface area contributed by atoms with Crippen LogP contribution in [0.15, 0.2) is 72.8 Å². The van der Waals surface area contributed by atoms with Crippen molar-refractivity contribution in [3.05, 3.63) is 118 Å². The van der Waals surface area contributed by atoms with Crippen LogP contribution < -0.4 is 0 Å². The fourth-order valence-corrected chi connectivity index (χ4v) is 3.67. The normalized spacial score (nSPS) is 10.8. The number of hydrogen-bond donors (Lipinski definition) is 0. The largest absolute Gasteiger partial charge is 0.384 e. The van der Waals surface area contributed by atoms with Gasteiger partial charge in [-0.15, -0.1) is 0 Å². The van der Waals surface area contributed by atoms with Crippen LogP contribution in [-0.2, 0) is 24.0 Å². The van der Waals surface area contributed by atoms with Crippen LogP contribution >= 0.6 is 0 Å². The van der Waals surface area contributed by atoms with Crippen LogP contribution in [-0.4, -0.2) is 13.7 Å². The molecule has 166 valence electrons. The van der Waals surface area contributed by atoms with Crippen molar-refractivity contribution in [3.63, 3.8) is 0 Å². The smallest absolute Gasteiger partial charge is 0.159 e. The van der Waals surface area contributed by atoms with Gasteiger partial charge in [-0.25, -0.2) is 13.2 Å². The molecular weight excluding hydrogens is 421 g/mol. The third kappa shape index (κ3) is 5.83. The summed E-state index contributed by atoms with van der Waals surface area (Å²) in [6.07, 6.45) is 2.05. The summed E-state index contributed by atoms with van der Waals surface area (Å²) in [6.45, 7) is 0.577. The summed E-state index contributed by atoms with van der Waals surface area (Å²) < 4.78 is 46.2. The zero-order valence-electron chi connectivity index (χ0n) is 18.3. The van der Waals surface area contributed by atoms with Crippen molar-refractivity contribution in [2.24, 2.45) is 0 Å². The lowest BCUT2D eigenvalue weighted by molar-refractivity contribution is 0.202. The minimum atomic E-state index is -0.870. The molecule has 4 aromatic rings. The van der Waals surface area contributed by atoms with Gasteiger partial charge in [0.2, 0.25) is 0 Å². The van der Waals surface area contributed by atoms with Gasteiger partial charge in [0.1, 0.15) is 5.82 Å². The van der Waals surface area contributed by atoms with Crippen molar-refractivity contribution in [3.8, 4) is 11.8 Å². The second-order valence-corrected chi connectivity index (χ2v) is 7.94. The van der Waals surface area contributed by atoms with Gasteiger partial charge in [-0.3, -0.25) is 0 Å². The molecule has 33 heavy (non-hydrogen) atoms. The molecule has 0 bridgehead atoms. The van der Waals surface area contributed by atoms with Crippen molar-refractivity contribution in [2.75, 3.05) is 13.7 Å². The predicted octanol–water partition coefficient (Wildman–Crippen LogP) is 6.63. The fraction of sp³-hybridized carbons (Fsp3) is 0.172. The lowest BCUT2D eigenvalue weighted by Crippen LogP contribution is -1.99. The molecule has 0 aromatic heterocycles. The number of methoxy groups -OCH3 is 1. The topological polar surface area (TPSA) is 9.23 Å². The Kier molecular flexibility index (Phi) is 7.12. The third-order valence-corrected chi connectivity index (χ3v) is 5.58. The molecule has 0 spiro atoms. The van der Waals surface area contributed by atoms with Crippen LogP contribution in [0.3, 0.4) is 0 Å². The first kappa shape index (κ1) is 22.6. The minimum Gasteiger partial charge on any atom is -0.384 e. The number of hydrogen-bond acceptors (Lipinski definition) is 1. The highest BCUT2D eigenvalue weighted by atomic mass is 19.2. The first-order valence-corrected chi connectivity index (χ1v) is 10.8. The van der Waals surface area contributed by atoms with Crippen molar-refractivity contribution in [1.82, 2.24) is 0 Å². The van der Waals surface area contributed by atoms with Crippen molar-refractivity contribution in [2.45, 2.75) is 19.3 Å². The number of aryl methyl sites for hydroxylation is 2. The zero-order chi connectivity index (χ0) is 23.2. The van der Waals surface area contributed by atoms with E-state index in [1.165, 1.54) is 12.1 Å². The number of fused-ring (bicyclic) bond motifs is 1. The first-order valence-electron chi connectivity index (χ1n) is 10.8. The van der Waals surface area contributed by atoms with Gasteiger partial charge in [0.25, 0.3) is 0 Å². The molecule has 0 saturated carbocycles. The van der Waals surface area contributed by atoms with E-state index < -0.39 is 11.6 Å². The summed E-state index contributed by atoms with van der Waals surface area (Å²) in [4.78, 5) is 0. The maximum Gasteiger partial charge on any atom is 0.159 e.